The van der Waals surface area contributed by atoms with E-state index in [1.54, 1.807) is 0 Å². The van der Waals surface area contributed by atoms with E-state index in [-0.39, 0.29) is 12.1 Å². The summed E-state index contributed by atoms with van der Waals surface area (Å²) in [7, 11) is 0. The Morgan fingerprint density at radius 2 is 2.00 bits per heavy atom. The average molecular weight is 316 g/mol. The van der Waals surface area contributed by atoms with Gasteiger partial charge in [-0.05, 0) is 56.5 Å². The number of nitrogens with one attached hydrogen (secondary N) is 2. The summed E-state index contributed by atoms with van der Waals surface area (Å²) in [4.78, 5) is 23.6. The van der Waals surface area contributed by atoms with Crippen LogP contribution >= 0.6 is 11.8 Å². The lowest BCUT2D eigenvalue weighted by Crippen LogP contribution is -2.59. The maximum atomic E-state index is 12.1. The molecular formula is C15H28N2O3S. The van der Waals surface area contributed by atoms with Gasteiger partial charge in [0.1, 0.15) is 5.54 Å². The van der Waals surface area contributed by atoms with Crippen LogP contribution in [0.4, 0.5) is 4.79 Å². The van der Waals surface area contributed by atoms with Crippen molar-refractivity contribution in [2.75, 3.05) is 11.5 Å². The molecule has 0 aromatic rings. The number of carboxylic acid groups (broad SMARTS) is 1. The number of amides is 2. The Bertz CT molecular complexity index is 355. The molecule has 0 bridgehead atoms. The summed E-state index contributed by atoms with van der Waals surface area (Å²) in [6.07, 6.45) is 3.60. The minimum Gasteiger partial charge on any atom is -0.480 e. The molecule has 1 aliphatic rings. The zero-order valence-electron chi connectivity index (χ0n) is 13.3. The van der Waals surface area contributed by atoms with Crippen molar-refractivity contribution in [2.24, 2.45) is 5.92 Å². The molecule has 0 saturated heterocycles. The van der Waals surface area contributed by atoms with Crippen LogP contribution in [0.3, 0.4) is 0 Å². The van der Waals surface area contributed by atoms with Crippen molar-refractivity contribution in [2.45, 2.75) is 64.5 Å². The quantitative estimate of drug-likeness (QED) is 0.631. The van der Waals surface area contributed by atoms with Gasteiger partial charge in [-0.2, -0.15) is 11.8 Å². The minimum atomic E-state index is -1.09. The second-order valence-electron chi connectivity index (χ2n) is 6.05. The van der Waals surface area contributed by atoms with Gasteiger partial charge in [-0.25, -0.2) is 9.59 Å². The molecule has 21 heavy (non-hydrogen) atoms. The van der Waals surface area contributed by atoms with Crippen molar-refractivity contribution in [3.05, 3.63) is 0 Å². The Kier molecular flexibility index (Phi) is 7.35. The molecule has 0 heterocycles. The van der Waals surface area contributed by atoms with E-state index < -0.39 is 11.5 Å². The number of urea groups is 1. The smallest absolute Gasteiger partial charge is 0.329 e. The molecule has 0 aromatic heterocycles. The highest BCUT2D eigenvalue weighted by atomic mass is 32.2. The number of carbonyl (C=O) groups is 2. The molecule has 1 fully saturated rings. The van der Waals surface area contributed by atoms with Gasteiger partial charge in [-0.1, -0.05) is 13.8 Å². The summed E-state index contributed by atoms with van der Waals surface area (Å²) in [6.45, 7) is 6.18. The molecular weight excluding hydrogens is 288 g/mol. The first-order valence-corrected chi connectivity index (χ1v) is 8.95. The molecule has 0 aliphatic heterocycles. The van der Waals surface area contributed by atoms with Crippen LogP contribution in [0.1, 0.15) is 52.9 Å². The highest BCUT2D eigenvalue weighted by molar-refractivity contribution is 7.99. The van der Waals surface area contributed by atoms with E-state index in [1.807, 2.05) is 18.7 Å². The monoisotopic (exact) mass is 316 g/mol. The number of hydrogen-bond acceptors (Lipinski definition) is 3. The summed E-state index contributed by atoms with van der Waals surface area (Å²) in [5.74, 6) is 1.68. The van der Waals surface area contributed by atoms with Crippen molar-refractivity contribution >= 4 is 23.8 Å². The Morgan fingerprint density at radius 3 is 2.52 bits per heavy atom. The SMILES string of the molecule is CCSCCC(C)NC(=O)NC1(C(=O)O)CCC(C)CC1. The fraction of sp³-hybridized carbons (Fsp3) is 0.867. The highest BCUT2D eigenvalue weighted by Gasteiger charge is 2.42. The molecule has 6 heteroatoms. The van der Waals surface area contributed by atoms with E-state index in [9.17, 15) is 14.7 Å². The van der Waals surface area contributed by atoms with Crippen molar-refractivity contribution in [3.63, 3.8) is 0 Å². The molecule has 1 atom stereocenters. The lowest BCUT2D eigenvalue weighted by atomic mass is 9.77. The molecule has 122 valence electrons. The van der Waals surface area contributed by atoms with E-state index in [1.165, 1.54) is 0 Å². The van der Waals surface area contributed by atoms with Crippen molar-refractivity contribution < 1.29 is 14.7 Å². The first-order chi connectivity index (χ1) is 9.89. The van der Waals surface area contributed by atoms with Gasteiger partial charge < -0.3 is 15.7 Å². The topological polar surface area (TPSA) is 78.4 Å². The van der Waals surface area contributed by atoms with Crippen LogP contribution in [0.5, 0.6) is 0 Å². The molecule has 1 aliphatic carbocycles. The Balaban J connectivity index is 2.48. The third kappa shape index (κ3) is 5.77. The summed E-state index contributed by atoms with van der Waals surface area (Å²) < 4.78 is 0. The number of rotatable bonds is 7. The van der Waals surface area contributed by atoms with Gasteiger partial charge >= 0.3 is 12.0 Å². The van der Waals surface area contributed by atoms with Crippen LogP contribution in [0.15, 0.2) is 0 Å². The van der Waals surface area contributed by atoms with E-state index in [4.69, 9.17) is 0 Å². The summed E-state index contributed by atoms with van der Waals surface area (Å²) in [5.41, 5.74) is -1.09. The molecule has 0 aromatic carbocycles. The van der Waals surface area contributed by atoms with E-state index in [0.717, 1.165) is 30.8 Å². The van der Waals surface area contributed by atoms with Gasteiger partial charge in [0.25, 0.3) is 0 Å². The predicted molar refractivity (Wildman–Crippen MR) is 86.7 cm³/mol. The Hall–Kier alpha value is -0.910. The molecule has 5 nitrogen and oxygen atoms in total. The number of thioether (sulfide) groups is 1. The van der Waals surface area contributed by atoms with Gasteiger partial charge in [0.2, 0.25) is 0 Å². The van der Waals surface area contributed by atoms with Crippen LogP contribution < -0.4 is 10.6 Å². The second-order valence-corrected chi connectivity index (χ2v) is 7.45. The number of carboxylic acids is 1. The number of hydrogen-bond donors (Lipinski definition) is 3. The second kappa shape index (κ2) is 8.51. The lowest BCUT2D eigenvalue weighted by Gasteiger charge is -2.36. The predicted octanol–water partition coefficient (Wildman–Crippen LogP) is 2.85. The van der Waals surface area contributed by atoms with Gasteiger partial charge in [-0.15, -0.1) is 0 Å². The molecule has 3 N–H and O–H groups in total. The average Bonchev–Trinajstić information content (AvgIpc) is 2.41. The highest BCUT2D eigenvalue weighted by Crippen LogP contribution is 2.32. The van der Waals surface area contributed by atoms with Crippen LogP contribution in [0, 0.1) is 5.92 Å². The molecule has 1 unspecified atom stereocenters. The van der Waals surface area contributed by atoms with Crippen molar-refractivity contribution in [3.8, 4) is 0 Å². The largest absolute Gasteiger partial charge is 0.480 e. The maximum Gasteiger partial charge on any atom is 0.329 e. The fourth-order valence-electron chi connectivity index (χ4n) is 2.60. The summed E-state index contributed by atoms with van der Waals surface area (Å²) in [5, 5.41) is 15.1. The zero-order valence-corrected chi connectivity index (χ0v) is 14.1. The first-order valence-electron chi connectivity index (χ1n) is 7.79. The molecule has 0 spiro atoms. The van der Waals surface area contributed by atoms with E-state index >= 15 is 0 Å². The van der Waals surface area contributed by atoms with Crippen molar-refractivity contribution in [1.29, 1.82) is 0 Å². The van der Waals surface area contributed by atoms with Gasteiger partial charge in [-0.3, -0.25) is 0 Å². The fourth-order valence-corrected chi connectivity index (χ4v) is 3.41. The third-order valence-corrected chi connectivity index (χ3v) is 5.10. The number of carbonyl (C=O) groups excluding carboxylic acids is 1. The standard InChI is InChI=1S/C15H28N2O3S/c1-4-21-10-7-12(3)16-14(20)17-15(13(18)19)8-5-11(2)6-9-15/h11-12H,4-10H2,1-3H3,(H,18,19)(H2,16,17,20). The van der Waals surface area contributed by atoms with Crippen LogP contribution in [-0.2, 0) is 4.79 Å². The molecule has 1 rings (SSSR count). The number of aliphatic carboxylic acids is 1. The Morgan fingerprint density at radius 1 is 1.38 bits per heavy atom. The van der Waals surface area contributed by atoms with Crippen LogP contribution in [0.2, 0.25) is 0 Å². The van der Waals surface area contributed by atoms with E-state index in [2.05, 4.69) is 24.5 Å². The zero-order chi connectivity index (χ0) is 15.9. The summed E-state index contributed by atoms with van der Waals surface area (Å²) >= 11 is 1.84. The van der Waals surface area contributed by atoms with Crippen LogP contribution in [0.25, 0.3) is 0 Å². The first kappa shape index (κ1) is 18.1. The molecule has 2 amide bonds. The van der Waals surface area contributed by atoms with Crippen molar-refractivity contribution in [1.82, 2.24) is 10.6 Å². The summed E-state index contributed by atoms with van der Waals surface area (Å²) in [6, 6.07) is -0.307. The Labute approximate surface area is 131 Å². The minimum absolute atomic E-state index is 0.0532. The van der Waals surface area contributed by atoms with E-state index in [0.29, 0.717) is 18.8 Å². The third-order valence-electron chi connectivity index (χ3n) is 4.17. The lowest BCUT2D eigenvalue weighted by molar-refractivity contribution is -0.146. The van der Waals surface area contributed by atoms with Gasteiger partial charge in [0.15, 0.2) is 0 Å². The van der Waals surface area contributed by atoms with Crippen LogP contribution in [-0.4, -0.2) is 40.2 Å². The maximum absolute atomic E-state index is 12.1. The van der Waals surface area contributed by atoms with Gasteiger partial charge in [0.05, 0.1) is 0 Å². The van der Waals surface area contributed by atoms with Gasteiger partial charge in [0, 0.05) is 6.04 Å². The normalized spacial score (nSPS) is 26.9. The molecule has 1 saturated carbocycles. The molecule has 0 radical (unpaired) electrons.